The molecule has 0 radical (unpaired) electrons. The van der Waals surface area contributed by atoms with Crippen molar-refractivity contribution >= 4 is 48.9 Å². The summed E-state index contributed by atoms with van der Waals surface area (Å²) < 4.78 is 2.01. The van der Waals surface area contributed by atoms with Crippen LogP contribution in [0.3, 0.4) is 0 Å². The molecule has 5 heteroatoms. The molecule has 0 atom stereocenters. The van der Waals surface area contributed by atoms with Crippen LogP contribution < -0.4 is 5.73 Å². The first-order chi connectivity index (χ1) is 9.13. The van der Waals surface area contributed by atoms with E-state index in [1.807, 2.05) is 30.0 Å². The highest BCUT2D eigenvalue weighted by Crippen LogP contribution is 2.40. The van der Waals surface area contributed by atoms with Crippen LogP contribution in [-0.4, -0.2) is 23.4 Å². The Morgan fingerprint density at radius 2 is 2.26 bits per heavy atom. The number of benzene rings is 1. The van der Waals surface area contributed by atoms with E-state index in [2.05, 4.69) is 15.9 Å². The van der Waals surface area contributed by atoms with Gasteiger partial charge >= 0.3 is 0 Å². The zero-order chi connectivity index (χ0) is 13.6. The maximum Gasteiger partial charge on any atom is 0.266 e. The minimum Gasteiger partial charge on any atom is -0.397 e. The van der Waals surface area contributed by atoms with E-state index < -0.39 is 0 Å². The number of amides is 1. The summed E-state index contributed by atoms with van der Waals surface area (Å²) in [5, 5.41) is 0.961. The first-order valence-electron chi connectivity index (χ1n) is 6.41. The first-order valence-corrected chi connectivity index (χ1v) is 8.02. The van der Waals surface area contributed by atoms with Gasteiger partial charge < -0.3 is 10.6 Å². The number of nitrogen functional groups attached to an aromatic ring is 1. The molecule has 1 heterocycles. The number of fused-ring (bicyclic) bond motifs is 1. The predicted octanol–water partition coefficient (Wildman–Crippen LogP) is 3.87. The number of nitrogens with two attached hydrogens (primary N) is 1. The van der Waals surface area contributed by atoms with Crippen molar-refractivity contribution in [3.63, 3.8) is 0 Å². The number of halogens is 1. The van der Waals surface area contributed by atoms with E-state index in [4.69, 9.17) is 5.73 Å². The standard InChI is InChI=1S/C14H15BrN2OS/c1-2-17(8-6-7-8)14(18)13-12(16)11-9(15)4-3-5-10(11)19-13/h3-5,8H,2,6-7,16H2,1H3. The average Bonchev–Trinajstić information content (AvgIpc) is 3.15. The van der Waals surface area contributed by atoms with Crippen molar-refractivity contribution in [2.75, 3.05) is 12.3 Å². The Balaban J connectivity index is 2.07. The Kier molecular flexibility index (Phi) is 3.27. The molecule has 19 heavy (non-hydrogen) atoms. The summed E-state index contributed by atoms with van der Waals surface area (Å²) in [7, 11) is 0. The third-order valence-electron chi connectivity index (χ3n) is 3.48. The van der Waals surface area contributed by atoms with Crippen molar-refractivity contribution in [1.82, 2.24) is 4.90 Å². The van der Waals surface area contributed by atoms with E-state index in [0.717, 1.165) is 33.9 Å². The summed E-state index contributed by atoms with van der Waals surface area (Å²) in [4.78, 5) is 15.2. The molecular formula is C14H15BrN2OS. The normalized spacial score (nSPS) is 14.8. The monoisotopic (exact) mass is 338 g/mol. The number of nitrogens with zero attached hydrogens (tertiary/aromatic N) is 1. The highest BCUT2D eigenvalue weighted by atomic mass is 79.9. The lowest BCUT2D eigenvalue weighted by Gasteiger charge is -2.19. The molecule has 1 saturated carbocycles. The molecule has 2 N–H and O–H groups in total. The minimum absolute atomic E-state index is 0.0793. The molecule has 0 spiro atoms. The number of thiophene rings is 1. The molecule has 100 valence electrons. The third-order valence-corrected chi connectivity index (χ3v) is 5.30. The number of carbonyl (C=O) groups excluding carboxylic acids is 1. The average molecular weight is 339 g/mol. The van der Waals surface area contributed by atoms with Crippen LogP contribution in [0.4, 0.5) is 5.69 Å². The van der Waals surface area contributed by atoms with E-state index in [9.17, 15) is 4.79 Å². The van der Waals surface area contributed by atoms with Crippen molar-refractivity contribution in [3.8, 4) is 0 Å². The van der Waals surface area contributed by atoms with Crippen LogP contribution in [-0.2, 0) is 0 Å². The Labute approximate surface area is 124 Å². The van der Waals surface area contributed by atoms with Gasteiger partial charge in [0.1, 0.15) is 4.88 Å². The van der Waals surface area contributed by atoms with Crippen LogP contribution in [0.25, 0.3) is 10.1 Å². The van der Waals surface area contributed by atoms with Crippen molar-refractivity contribution in [1.29, 1.82) is 0 Å². The van der Waals surface area contributed by atoms with Crippen LogP contribution in [0, 0.1) is 0 Å². The summed E-state index contributed by atoms with van der Waals surface area (Å²) in [5.41, 5.74) is 6.79. The van der Waals surface area contributed by atoms with E-state index >= 15 is 0 Å². The molecule has 0 saturated heterocycles. The van der Waals surface area contributed by atoms with Gasteiger partial charge in [-0.1, -0.05) is 22.0 Å². The van der Waals surface area contributed by atoms with E-state index in [-0.39, 0.29) is 5.91 Å². The van der Waals surface area contributed by atoms with Crippen LogP contribution in [0.15, 0.2) is 22.7 Å². The molecule has 1 aliphatic carbocycles. The fourth-order valence-electron chi connectivity index (χ4n) is 2.37. The van der Waals surface area contributed by atoms with Gasteiger partial charge in [0.2, 0.25) is 0 Å². The molecule has 0 unspecified atom stereocenters. The van der Waals surface area contributed by atoms with Crippen molar-refractivity contribution in [3.05, 3.63) is 27.5 Å². The SMILES string of the molecule is CCN(C(=O)c1sc2cccc(Br)c2c1N)C1CC1. The second-order valence-corrected chi connectivity index (χ2v) is 6.69. The number of carbonyl (C=O) groups is 1. The first kappa shape index (κ1) is 12.9. The number of anilines is 1. The number of hydrogen-bond donors (Lipinski definition) is 1. The predicted molar refractivity (Wildman–Crippen MR) is 83.7 cm³/mol. The van der Waals surface area contributed by atoms with Gasteiger partial charge in [0.05, 0.1) is 5.69 Å². The Bertz CT molecular complexity index is 648. The van der Waals surface area contributed by atoms with Crippen molar-refractivity contribution in [2.24, 2.45) is 0 Å². The van der Waals surface area contributed by atoms with E-state index in [0.29, 0.717) is 16.6 Å². The zero-order valence-corrected chi connectivity index (χ0v) is 13.1. The Morgan fingerprint density at radius 3 is 2.84 bits per heavy atom. The molecule has 0 aliphatic heterocycles. The fraction of sp³-hybridized carbons (Fsp3) is 0.357. The maximum absolute atomic E-state index is 12.6. The van der Waals surface area contributed by atoms with Crippen LogP contribution in [0.2, 0.25) is 0 Å². The molecule has 0 bridgehead atoms. The second-order valence-electron chi connectivity index (χ2n) is 4.78. The minimum atomic E-state index is 0.0793. The van der Waals surface area contributed by atoms with Crippen molar-refractivity contribution < 1.29 is 4.79 Å². The number of rotatable bonds is 3. The smallest absolute Gasteiger partial charge is 0.266 e. The van der Waals surface area contributed by atoms with Gasteiger partial charge in [0.15, 0.2) is 0 Å². The summed E-state index contributed by atoms with van der Waals surface area (Å²) >= 11 is 5.00. The van der Waals surface area contributed by atoms with Gasteiger partial charge in [-0.05, 0) is 31.9 Å². The molecule has 1 aromatic carbocycles. The molecule has 3 rings (SSSR count). The van der Waals surface area contributed by atoms with Crippen LogP contribution >= 0.6 is 27.3 Å². The van der Waals surface area contributed by atoms with Gasteiger partial charge in [-0.3, -0.25) is 4.79 Å². The van der Waals surface area contributed by atoms with E-state index in [1.165, 1.54) is 11.3 Å². The van der Waals surface area contributed by atoms with Gasteiger partial charge in [-0.15, -0.1) is 11.3 Å². The van der Waals surface area contributed by atoms with Gasteiger partial charge in [0, 0.05) is 27.1 Å². The lowest BCUT2D eigenvalue weighted by molar-refractivity contribution is 0.0758. The highest BCUT2D eigenvalue weighted by Gasteiger charge is 2.33. The zero-order valence-electron chi connectivity index (χ0n) is 10.6. The topological polar surface area (TPSA) is 46.3 Å². The van der Waals surface area contributed by atoms with Crippen LogP contribution in [0.5, 0.6) is 0 Å². The van der Waals surface area contributed by atoms with Gasteiger partial charge in [-0.25, -0.2) is 0 Å². The summed E-state index contributed by atoms with van der Waals surface area (Å²) in [6.07, 6.45) is 2.24. The highest BCUT2D eigenvalue weighted by molar-refractivity contribution is 9.10. The second kappa shape index (κ2) is 4.80. The number of hydrogen-bond acceptors (Lipinski definition) is 3. The lowest BCUT2D eigenvalue weighted by Crippen LogP contribution is -2.32. The third kappa shape index (κ3) is 2.15. The van der Waals surface area contributed by atoms with Gasteiger partial charge in [-0.2, -0.15) is 0 Å². The molecule has 1 aromatic heterocycles. The lowest BCUT2D eigenvalue weighted by atomic mass is 10.2. The maximum atomic E-state index is 12.6. The van der Waals surface area contributed by atoms with Gasteiger partial charge in [0.25, 0.3) is 5.91 Å². The molecule has 1 aliphatic rings. The van der Waals surface area contributed by atoms with Crippen LogP contribution in [0.1, 0.15) is 29.4 Å². The van der Waals surface area contributed by atoms with E-state index in [1.54, 1.807) is 0 Å². The molecule has 2 aromatic rings. The quantitative estimate of drug-likeness (QED) is 0.923. The summed E-state index contributed by atoms with van der Waals surface area (Å²) in [5.74, 6) is 0.0793. The Hall–Kier alpha value is -1.07. The molecule has 1 amide bonds. The largest absolute Gasteiger partial charge is 0.397 e. The molecule has 1 fully saturated rings. The Morgan fingerprint density at radius 1 is 1.53 bits per heavy atom. The van der Waals surface area contributed by atoms with Crippen molar-refractivity contribution in [2.45, 2.75) is 25.8 Å². The molecule has 3 nitrogen and oxygen atoms in total. The summed E-state index contributed by atoms with van der Waals surface area (Å²) in [6, 6.07) is 6.35. The molecular weight excluding hydrogens is 324 g/mol. The fourth-order valence-corrected chi connectivity index (χ4v) is 4.19. The summed E-state index contributed by atoms with van der Waals surface area (Å²) in [6.45, 7) is 2.77.